The number of rotatable bonds is 9. The van der Waals surface area contributed by atoms with Crippen LogP contribution in [0.1, 0.15) is 37.0 Å². The minimum absolute atomic E-state index is 0.214. The van der Waals surface area contributed by atoms with Crippen LogP contribution in [0.3, 0.4) is 0 Å². The molecule has 9 heteroatoms. The van der Waals surface area contributed by atoms with Crippen LogP contribution in [0.2, 0.25) is 0 Å². The zero-order chi connectivity index (χ0) is 21.6. The second kappa shape index (κ2) is 9.81. The zero-order valence-corrected chi connectivity index (χ0v) is 16.3. The normalized spacial score (nSPS) is 17.6. The van der Waals surface area contributed by atoms with E-state index in [2.05, 4.69) is 10.6 Å². The molecule has 1 heterocycles. The number of hydrogen-bond acceptors (Lipinski definition) is 5. The fourth-order valence-electron chi connectivity index (χ4n) is 3.03. The van der Waals surface area contributed by atoms with Gasteiger partial charge in [-0.15, -0.1) is 0 Å². The van der Waals surface area contributed by atoms with Crippen molar-refractivity contribution in [3.05, 3.63) is 35.9 Å². The van der Waals surface area contributed by atoms with Crippen LogP contribution in [0.15, 0.2) is 30.3 Å². The van der Waals surface area contributed by atoms with Gasteiger partial charge < -0.3 is 25.4 Å². The Labute approximate surface area is 168 Å². The van der Waals surface area contributed by atoms with Gasteiger partial charge in [-0.2, -0.15) is 0 Å². The first kappa shape index (κ1) is 22.1. The zero-order valence-electron chi connectivity index (χ0n) is 16.3. The van der Waals surface area contributed by atoms with E-state index in [1.807, 2.05) is 0 Å². The first-order chi connectivity index (χ1) is 13.7. The molecule has 2 unspecified atom stereocenters. The first-order valence-electron chi connectivity index (χ1n) is 9.38. The Morgan fingerprint density at radius 1 is 1.17 bits per heavy atom. The highest BCUT2D eigenvalue weighted by Gasteiger charge is 2.42. The highest BCUT2D eigenvalue weighted by molar-refractivity contribution is 5.99. The summed E-state index contributed by atoms with van der Waals surface area (Å²) < 4.78 is 0. The quantitative estimate of drug-likeness (QED) is 0.505. The molecule has 0 aliphatic carbocycles. The van der Waals surface area contributed by atoms with Crippen molar-refractivity contribution >= 4 is 30.0 Å². The molecule has 0 bridgehead atoms. The van der Waals surface area contributed by atoms with Crippen LogP contribution in [0.4, 0.5) is 0 Å². The van der Waals surface area contributed by atoms with E-state index in [-0.39, 0.29) is 11.8 Å². The summed E-state index contributed by atoms with van der Waals surface area (Å²) in [6, 6.07) is 5.72. The molecule has 0 spiro atoms. The van der Waals surface area contributed by atoms with Crippen molar-refractivity contribution in [2.24, 2.45) is 5.92 Å². The first-order valence-corrected chi connectivity index (χ1v) is 9.38. The van der Waals surface area contributed by atoms with Crippen LogP contribution in [0.25, 0.3) is 0 Å². The fraction of sp³-hybridized carbons (Fsp3) is 0.450. The highest BCUT2D eigenvalue weighted by Crippen LogP contribution is 2.21. The molecule has 1 aromatic rings. The fourth-order valence-corrected chi connectivity index (χ4v) is 3.03. The summed E-state index contributed by atoms with van der Waals surface area (Å²) in [7, 11) is 0. The van der Waals surface area contributed by atoms with Gasteiger partial charge in [0.25, 0.3) is 5.91 Å². The molecule has 29 heavy (non-hydrogen) atoms. The number of nitrogens with zero attached hydrogens (tertiary/aromatic N) is 1. The highest BCUT2D eigenvalue weighted by atomic mass is 16.4. The van der Waals surface area contributed by atoms with Gasteiger partial charge in [-0.25, -0.2) is 0 Å². The molecule has 1 aliphatic heterocycles. The Bertz CT molecular complexity index is 780. The third-order valence-corrected chi connectivity index (χ3v) is 4.75. The molecule has 2 rings (SSSR count). The van der Waals surface area contributed by atoms with Crippen LogP contribution in [0.5, 0.6) is 0 Å². The summed E-state index contributed by atoms with van der Waals surface area (Å²) in [5.74, 6) is -2.79. The molecule has 1 aliphatic rings. The number of carbonyl (C=O) groups is 5. The number of benzene rings is 1. The summed E-state index contributed by atoms with van der Waals surface area (Å²) in [6.07, 6.45) is 0.221. The van der Waals surface area contributed by atoms with Crippen molar-refractivity contribution in [2.75, 3.05) is 6.54 Å². The molecule has 1 aromatic carbocycles. The predicted molar refractivity (Wildman–Crippen MR) is 103 cm³/mol. The Morgan fingerprint density at radius 3 is 2.31 bits per heavy atom. The van der Waals surface area contributed by atoms with Crippen molar-refractivity contribution in [2.45, 2.75) is 44.8 Å². The minimum atomic E-state index is -1.22. The van der Waals surface area contributed by atoms with Gasteiger partial charge in [0.15, 0.2) is 0 Å². The van der Waals surface area contributed by atoms with Crippen molar-refractivity contribution in [3.8, 4) is 0 Å². The number of aliphatic carboxylic acids is 1. The summed E-state index contributed by atoms with van der Waals surface area (Å²) in [4.78, 5) is 60.8. The minimum Gasteiger partial charge on any atom is -0.481 e. The van der Waals surface area contributed by atoms with E-state index >= 15 is 0 Å². The Hall–Kier alpha value is -3.23. The van der Waals surface area contributed by atoms with Crippen molar-refractivity contribution in [3.63, 3.8) is 0 Å². The predicted octanol–water partition coefficient (Wildman–Crippen LogP) is 0.200. The number of hydrogen-bond donors (Lipinski definition) is 3. The molecular weight excluding hydrogens is 378 g/mol. The number of carboxylic acids is 1. The molecular formula is C20H25N3O6. The average Bonchev–Trinajstić information content (AvgIpc) is 2.64. The van der Waals surface area contributed by atoms with E-state index in [9.17, 15) is 24.0 Å². The van der Waals surface area contributed by atoms with Gasteiger partial charge in [-0.05, 0) is 24.5 Å². The third-order valence-electron chi connectivity index (χ3n) is 4.75. The maximum atomic E-state index is 12.9. The van der Waals surface area contributed by atoms with Crippen molar-refractivity contribution < 1.29 is 29.1 Å². The van der Waals surface area contributed by atoms with Crippen LogP contribution in [-0.4, -0.2) is 64.7 Å². The van der Waals surface area contributed by atoms with Crippen LogP contribution in [0, 0.1) is 5.92 Å². The number of nitrogens with one attached hydrogen (secondary N) is 2. The van der Waals surface area contributed by atoms with Crippen LogP contribution in [-0.2, 0) is 19.2 Å². The number of aldehydes is 1. The molecule has 1 saturated heterocycles. The summed E-state index contributed by atoms with van der Waals surface area (Å²) in [5, 5.41) is 13.8. The molecule has 0 saturated carbocycles. The summed E-state index contributed by atoms with van der Waals surface area (Å²) in [6.45, 7) is 3.92. The lowest BCUT2D eigenvalue weighted by molar-refractivity contribution is -0.150. The molecule has 3 amide bonds. The van der Waals surface area contributed by atoms with Gasteiger partial charge in [-0.3, -0.25) is 19.2 Å². The lowest BCUT2D eigenvalue weighted by Gasteiger charge is -2.42. The molecule has 1 fully saturated rings. The van der Waals surface area contributed by atoms with E-state index in [4.69, 9.17) is 5.11 Å². The molecule has 0 aromatic heterocycles. The average molecular weight is 403 g/mol. The SMILES string of the molecule is CC(C)C(NC(=O)c1ccccc1)C(=O)N1CCC1C(=O)N[C@H](C=O)CC(=O)O. The monoisotopic (exact) mass is 403 g/mol. The molecule has 3 atom stereocenters. The van der Waals surface area contributed by atoms with Crippen molar-refractivity contribution in [1.82, 2.24) is 15.5 Å². The van der Waals surface area contributed by atoms with E-state index in [1.165, 1.54) is 4.90 Å². The maximum Gasteiger partial charge on any atom is 0.305 e. The van der Waals surface area contributed by atoms with E-state index in [0.717, 1.165) is 0 Å². The largest absolute Gasteiger partial charge is 0.481 e. The Morgan fingerprint density at radius 2 is 1.83 bits per heavy atom. The van der Waals surface area contributed by atoms with Gasteiger partial charge in [0.2, 0.25) is 11.8 Å². The molecule has 156 valence electrons. The van der Waals surface area contributed by atoms with Gasteiger partial charge in [-0.1, -0.05) is 32.0 Å². The van der Waals surface area contributed by atoms with Crippen LogP contribution < -0.4 is 10.6 Å². The molecule has 9 nitrogen and oxygen atoms in total. The second-order valence-corrected chi connectivity index (χ2v) is 7.25. The number of amides is 3. The summed E-state index contributed by atoms with van der Waals surface area (Å²) in [5.41, 5.74) is 0.423. The topological polar surface area (TPSA) is 133 Å². The third kappa shape index (κ3) is 5.63. The van der Waals surface area contributed by atoms with E-state index < -0.39 is 42.3 Å². The molecule has 3 N–H and O–H groups in total. The smallest absolute Gasteiger partial charge is 0.305 e. The van der Waals surface area contributed by atoms with Gasteiger partial charge in [0.1, 0.15) is 18.4 Å². The lowest BCUT2D eigenvalue weighted by atomic mass is 9.95. The Balaban J connectivity index is 2.04. The van der Waals surface area contributed by atoms with E-state index in [0.29, 0.717) is 24.8 Å². The van der Waals surface area contributed by atoms with E-state index in [1.54, 1.807) is 44.2 Å². The number of likely N-dealkylation sites (tertiary alicyclic amines) is 1. The van der Waals surface area contributed by atoms with Crippen molar-refractivity contribution in [1.29, 1.82) is 0 Å². The lowest BCUT2D eigenvalue weighted by Crippen LogP contribution is -2.64. The Kier molecular flexibility index (Phi) is 7.46. The van der Waals surface area contributed by atoms with Gasteiger partial charge >= 0.3 is 5.97 Å². The van der Waals surface area contributed by atoms with Crippen LogP contribution >= 0.6 is 0 Å². The standard InChI is InChI=1S/C20H25N3O6/c1-12(2)17(22-18(27)13-6-4-3-5-7-13)20(29)23-9-8-15(23)19(28)21-14(11-24)10-16(25)26/h3-7,11-12,14-15,17H,8-10H2,1-2H3,(H,21,28)(H,22,27)(H,25,26)/t14-,15?,17?/m0/s1. The van der Waals surface area contributed by atoms with Gasteiger partial charge in [0.05, 0.1) is 12.5 Å². The molecule has 0 radical (unpaired) electrons. The number of carboxylic acid groups (broad SMARTS) is 1. The second-order valence-electron chi connectivity index (χ2n) is 7.25. The van der Waals surface area contributed by atoms with Gasteiger partial charge in [0, 0.05) is 12.1 Å². The maximum absolute atomic E-state index is 12.9. The summed E-state index contributed by atoms with van der Waals surface area (Å²) >= 11 is 0. The number of carbonyl (C=O) groups excluding carboxylic acids is 4.